The third-order valence-electron chi connectivity index (χ3n) is 3.20. The summed E-state index contributed by atoms with van der Waals surface area (Å²) in [6.45, 7) is 2.92. The van der Waals surface area contributed by atoms with Crippen LogP contribution in [0, 0.1) is 0 Å². The van der Waals surface area contributed by atoms with Gasteiger partial charge in [0.25, 0.3) is 0 Å². The number of fused-ring (bicyclic) bond motifs is 1. The van der Waals surface area contributed by atoms with E-state index in [2.05, 4.69) is 20.4 Å². The van der Waals surface area contributed by atoms with Crippen LogP contribution in [0.1, 0.15) is 0 Å². The summed E-state index contributed by atoms with van der Waals surface area (Å²) in [7, 11) is 0. The Kier molecular flexibility index (Phi) is 2.70. The molecule has 1 unspecified atom stereocenters. The highest BCUT2D eigenvalue weighted by atomic mass is 16.5. The van der Waals surface area contributed by atoms with E-state index in [9.17, 15) is 0 Å². The normalized spacial score (nSPS) is 21.0. The largest absolute Gasteiger partial charge is 0.377 e. The predicted molar refractivity (Wildman–Crippen MR) is 66.2 cm³/mol. The van der Waals surface area contributed by atoms with Crippen LogP contribution in [0.3, 0.4) is 0 Å². The van der Waals surface area contributed by atoms with Crippen molar-refractivity contribution in [2.24, 2.45) is 5.73 Å². The topological polar surface area (TPSA) is 55.8 Å². The van der Waals surface area contributed by atoms with E-state index in [0.29, 0.717) is 13.2 Å². The molecule has 0 bridgehead atoms. The molecule has 5 heteroatoms. The highest BCUT2D eigenvalue weighted by molar-refractivity contribution is 5.52. The van der Waals surface area contributed by atoms with Crippen LogP contribution >= 0.6 is 0 Å². The second kappa shape index (κ2) is 4.35. The Morgan fingerprint density at radius 1 is 1.47 bits per heavy atom. The van der Waals surface area contributed by atoms with E-state index < -0.39 is 0 Å². The summed E-state index contributed by atoms with van der Waals surface area (Å²) in [6, 6.07) is 6.38. The quantitative estimate of drug-likeness (QED) is 0.819. The molecular weight excluding hydrogens is 216 g/mol. The summed E-state index contributed by atoms with van der Waals surface area (Å²) < 4.78 is 7.56. The Bertz CT molecular complexity index is 510. The molecule has 0 saturated carbocycles. The van der Waals surface area contributed by atoms with Gasteiger partial charge in [-0.1, -0.05) is 6.07 Å². The average Bonchev–Trinajstić information content (AvgIpc) is 2.86. The molecule has 3 heterocycles. The first-order valence-corrected chi connectivity index (χ1v) is 5.86. The molecule has 1 saturated heterocycles. The lowest BCUT2D eigenvalue weighted by atomic mass is 10.2. The summed E-state index contributed by atoms with van der Waals surface area (Å²) in [6.07, 6.45) is 3.80. The molecule has 17 heavy (non-hydrogen) atoms. The Morgan fingerprint density at radius 3 is 3.29 bits per heavy atom. The van der Waals surface area contributed by atoms with Gasteiger partial charge >= 0.3 is 0 Å². The molecule has 2 N–H and O–H groups in total. The number of ether oxygens (including phenoxy) is 1. The predicted octanol–water partition coefficient (Wildman–Crippen LogP) is 0.498. The Morgan fingerprint density at radius 2 is 2.41 bits per heavy atom. The van der Waals surface area contributed by atoms with Crippen LogP contribution in [-0.2, 0) is 4.74 Å². The lowest BCUT2D eigenvalue weighted by Gasteiger charge is -2.36. The maximum atomic E-state index is 5.80. The van der Waals surface area contributed by atoms with Crippen molar-refractivity contribution in [1.82, 2.24) is 9.38 Å². The van der Waals surface area contributed by atoms with Crippen molar-refractivity contribution in [2.45, 2.75) is 6.04 Å². The molecule has 0 aliphatic carbocycles. The van der Waals surface area contributed by atoms with Crippen molar-refractivity contribution in [1.29, 1.82) is 0 Å². The highest BCUT2D eigenvalue weighted by Gasteiger charge is 2.23. The smallest absolute Gasteiger partial charge is 0.138 e. The summed E-state index contributed by atoms with van der Waals surface area (Å²) in [5.74, 6) is 1.14. The number of hydrogen-bond donors (Lipinski definition) is 1. The molecule has 5 nitrogen and oxygen atoms in total. The van der Waals surface area contributed by atoms with Crippen LogP contribution in [0.25, 0.3) is 5.65 Å². The van der Waals surface area contributed by atoms with E-state index in [1.807, 2.05) is 24.5 Å². The number of hydrogen-bond acceptors (Lipinski definition) is 4. The number of imidazole rings is 1. The maximum Gasteiger partial charge on any atom is 0.138 e. The number of morpholine rings is 1. The van der Waals surface area contributed by atoms with E-state index in [1.165, 1.54) is 0 Å². The third kappa shape index (κ3) is 1.77. The standard InChI is InChI=1S/C12H16N4O/c13-8-10-9-17-7-6-15(10)12-3-1-2-11-14-4-5-16(11)12/h1-5,10H,6-9,13H2. The number of anilines is 1. The van der Waals surface area contributed by atoms with Gasteiger partial charge in [0.2, 0.25) is 0 Å². The van der Waals surface area contributed by atoms with E-state index in [4.69, 9.17) is 10.5 Å². The first-order valence-electron chi connectivity index (χ1n) is 5.86. The summed E-state index contributed by atoms with van der Waals surface area (Å²) in [5, 5.41) is 0. The van der Waals surface area contributed by atoms with Gasteiger partial charge in [0.1, 0.15) is 11.5 Å². The first kappa shape index (κ1) is 10.6. The molecule has 2 aromatic rings. The van der Waals surface area contributed by atoms with E-state index in [0.717, 1.165) is 24.6 Å². The molecular formula is C12H16N4O. The second-order valence-corrected chi connectivity index (χ2v) is 4.20. The maximum absolute atomic E-state index is 5.80. The molecule has 1 aliphatic rings. The van der Waals surface area contributed by atoms with E-state index in [-0.39, 0.29) is 6.04 Å². The fourth-order valence-corrected chi connectivity index (χ4v) is 2.32. The Balaban J connectivity index is 2.04. The molecule has 0 aromatic carbocycles. The van der Waals surface area contributed by atoms with Crippen LogP contribution in [0.2, 0.25) is 0 Å². The van der Waals surface area contributed by atoms with Gasteiger partial charge in [-0.2, -0.15) is 0 Å². The highest BCUT2D eigenvalue weighted by Crippen LogP contribution is 2.20. The summed E-state index contributed by atoms with van der Waals surface area (Å²) in [5.41, 5.74) is 6.77. The number of pyridine rings is 1. The monoisotopic (exact) mass is 232 g/mol. The van der Waals surface area contributed by atoms with Gasteiger partial charge in [-0.15, -0.1) is 0 Å². The van der Waals surface area contributed by atoms with Crippen molar-refractivity contribution in [2.75, 3.05) is 31.2 Å². The molecule has 0 radical (unpaired) electrons. The minimum atomic E-state index is 0.247. The van der Waals surface area contributed by atoms with E-state index >= 15 is 0 Å². The Hall–Kier alpha value is -1.59. The van der Waals surface area contributed by atoms with E-state index in [1.54, 1.807) is 0 Å². The minimum Gasteiger partial charge on any atom is -0.377 e. The average molecular weight is 232 g/mol. The molecule has 0 amide bonds. The third-order valence-corrected chi connectivity index (χ3v) is 3.20. The van der Waals surface area contributed by atoms with Crippen molar-refractivity contribution in [3.63, 3.8) is 0 Å². The van der Waals surface area contributed by atoms with Crippen LogP contribution in [0.15, 0.2) is 30.6 Å². The fourth-order valence-electron chi connectivity index (χ4n) is 2.32. The van der Waals surface area contributed by atoms with Gasteiger partial charge in [0.15, 0.2) is 0 Å². The minimum absolute atomic E-state index is 0.247. The zero-order valence-corrected chi connectivity index (χ0v) is 9.62. The van der Waals surface area contributed by atoms with Crippen molar-refractivity contribution < 1.29 is 4.74 Å². The molecule has 3 rings (SSSR count). The molecule has 2 aromatic heterocycles. The van der Waals surface area contributed by atoms with Crippen LogP contribution < -0.4 is 10.6 Å². The second-order valence-electron chi connectivity index (χ2n) is 4.20. The molecule has 1 atom stereocenters. The lowest BCUT2D eigenvalue weighted by Crippen LogP contribution is -2.50. The van der Waals surface area contributed by atoms with Crippen molar-refractivity contribution >= 4 is 11.5 Å². The van der Waals surface area contributed by atoms with Gasteiger partial charge in [0.05, 0.1) is 19.3 Å². The summed E-state index contributed by atoms with van der Waals surface area (Å²) in [4.78, 5) is 6.60. The molecule has 0 spiro atoms. The van der Waals surface area contributed by atoms with Crippen LogP contribution in [-0.4, -0.2) is 41.7 Å². The van der Waals surface area contributed by atoms with Crippen LogP contribution in [0.5, 0.6) is 0 Å². The number of rotatable bonds is 2. The van der Waals surface area contributed by atoms with Gasteiger partial charge < -0.3 is 15.4 Å². The van der Waals surface area contributed by atoms with Gasteiger partial charge in [0, 0.05) is 25.5 Å². The van der Waals surface area contributed by atoms with Gasteiger partial charge in [-0.25, -0.2) is 4.98 Å². The molecule has 1 aliphatic heterocycles. The first-order chi connectivity index (χ1) is 8.40. The van der Waals surface area contributed by atoms with Crippen LogP contribution in [0.4, 0.5) is 5.82 Å². The number of nitrogens with two attached hydrogens (primary N) is 1. The van der Waals surface area contributed by atoms with Gasteiger partial charge in [-0.3, -0.25) is 4.40 Å². The fraction of sp³-hybridized carbons (Fsp3) is 0.417. The SMILES string of the molecule is NCC1COCCN1c1cccc2nccn12. The Labute approximate surface area is 99.8 Å². The zero-order valence-electron chi connectivity index (χ0n) is 9.62. The summed E-state index contributed by atoms with van der Waals surface area (Å²) >= 11 is 0. The van der Waals surface area contributed by atoms with Crippen molar-refractivity contribution in [3.05, 3.63) is 30.6 Å². The van der Waals surface area contributed by atoms with Gasteiger partial charge in [-0.05, 0) is 12.1 Å². The molecule has 90 valence electrons. The number of aromatic nitrogens is 2. The van der Waals surface area contributed by atoms with Crippen molar-refractivity contribution in [3.8, 4) is 0 Å². The lowest BCUT2D eigenvalue weighted by molar-refractivity contribution is 0.0957. The zero-order chi connectivity index (χ0) is 11.7. The molecule has 1 fully saturated rings. The number of nitrogens with zero attached hydrogens (tertiary/aromatic N) is 3.